The fraction of sp³-hybridized carbons (Fsp3) is 0.345. The number of nitrogens with one attached hydrogen (secondary N) is 1. The van der Waals surface area contributed by atoms with Crippen molar-refractivity contribution in [2.24, 2.45) is 0 Å². The standard InChI is InChI=1S/C29H24ClF3N6O2S/c1-12-8-29(5-2-6-39(29)10-12)11-41-28-37-23-20(27(38-28)36-17-7-16(17)32)24(40)21(30)19(22(23)33)13-3-4-15(31)25-18(13)14(9-34)26(35)42-25/h3-4,16-17,40H,1-2,5-8,10-11,35H2,(H,36,37,38)/t16?,17?,29-/m0/s1. The summed E-state index contributed by atoms with van der Waals surface area (Å²) in [5.74, 6) is -2.17. The number of hydrogen-bond donors (Lipinski definition) is 3. The second-order valence-corrected chi connectivity index (χ2v) is 12.6. The first-order valence-corrected chi connectivity index (χ1v) is 14.6. The smallest absolute Gasteiger partial charge is 0.319 e. The van der Waals surface area contributed by atoms with Gasteiger partial charge < -0.3 is 20.9 Å². The summed E-state index contributed by atoms with van der Waals surface area (Å²) in [6.45, 7) is 6.07. The number of fused-ring (bicyclic) bond motifs is 3. The summed E-state index contributed by atoms with van der Waals surface area (Å²) in [6, 6.07) is 3.60. The number of halogens is 4. The molecule has 216 valence electrons. The number of anilines is 2. The first-order chi connectivity index (χ1) is 20.1. The maximum Gasteiger partial charge on any atom is 0.319 e. The number of aromatic hydroxyl groups is 1. The summed E-state index contributed by atoms with van der Waals surface area (Å²) < 4.78 is 51.4. The molecule has 2 saturated heterocycles. The van der Waals surface area contributed by atoms with E-state index in [0.29, 0.717) is 0 Å². The van der Waals surface area contributed by atoms with Gasteiger partial charge in [-0.2, -0.15) is 15.2 Å². The van der Waals surface area contributed by atoms with Crippen LogP contribution in [0.25, 0.3) is 32.1 Å². The van der Waals surface area contributed by atoms with E-state index in [9.17, 15) is 19.1 Å². The number of nitriles is 1. The predicted octanol–water partition coefficient (Wildman–Crippen LogP) is 6.30. The normalized spacial score (nSPS) is 23.5. The van der Waals surface area contributed by atoms with E-state index in [0.717, 1.165) is 55.3 Å². The van der Waals surface area contributed by atoms with Crippen LogP contribution in [0, 0.1) is 23.0 Å². The van der Waals surface area contributed by atoms with Crippen molar-refractivity contribution < 1.29 is 23.0 Å². The van der Waals surface area contributed by atoms with E-state index >= 15 is 4.39 Å². The Kier molecular flexibility index (Phi) is 6.20. The summed E-state index contributed by atoms with van der Waals surface area (Å²) in [4.78, 5) is 11.1. The molecule has 4 aromatic rings. The second kappa shape index (κ2) is 9.62. The zero-order valence-electron chi connectivity index (χ0n) is 22.1. The molecule has 8 nitrogen and oxygen atoms in total. The third kappa shape index (κ3) is 4.06. The van der Waals surface area contributed by atoms with Gasteiger partial charge in [0.2, 0.25) is 0 Å². The zero-order valence-corrected chi connectivity index (χ0v) is 23.7. The molecule has 4 N–H and O–H groups in total. The number of nitrogens with two attached hydrogens (primary N) is 1. The van der Waals surface area contributed by atoms with Crippen molar-refractivity contribution in [3.63, 3.8) is 0 Å². The number of alkyl halides is 1. The van der Waals surface area contributed by atoms with Gasteiger partial charge in [0.05, 0.1) is 32.3 Å². The van der Waals surface area contributed by atoms with Gasteiger partial charge in [0, 0.05) is 23.9 Å². The van der Waals surface area contributed by atoms with Crippen LogP contribution in [-0.4, -0.2) is 57.4 Å². The molecule has 3 aliphatic rings. The van der Waals surface area contributed by atoms with Crippen LogP contribution in [-0.2, 0) is 0 Å². The highest BCUT2D eigenvalue weighted by atomic mass is 35.5. The maximum absolute atomic E-state index is 16.6. The van der Waals surface area contributed by atoms with E-state index in [1.54, 1.807) is 0 Å². The van der Waals surface area contributed by atoms with Crippen molar-refractivity contribution in [2.75, 3.05) is 30.7 Å². The van der Waals surface area contributed by atoms with Gasteiger partial charge in [0.25, 0.3) is 0 Å². The molecule has 7 rings (SSSR count). The molecule has 1 aliphatic carbocycles. The number of phenolic OH excluding ortho intramolecular Hbond substituents is 1. The third-order valence-electron chi connectivity index (χ3n) is 8.42. The van der Waals surface area contributed by atoms with E-state index in [2.05, 4.69) is 26.8 Å². The Morgan fingerprint density at radius 1 is 1.33 bits per heavy atom. The van der Waals surface area contributed by atoms with Crippen molar-refractivity contribution in [1.29, 1.82) is 5.26 Å². The fourth-order valence-electron chi connectivity index (χ4n) is 6.32. The number of aromatic nitrogens is 2. The highest BCUT2D eigenvalue weighted by Crippen LogP contribution is 2.50. The molecule has 13 heteroatoms. The molecule has 2 aromatic heterocycles. The average molecular weight is 613 g/mol. The minimum absolute atomic E-state index is 0.0247. The van der Waals surface area contributed by atoms with Gasteiger partial charge in [-0.05, 0) is 37.4 Å². The lowest BCUT2D eigenvalue weighted by Crippen LogP contribution is -2.43. The van der Waals surface area contributed by atoms with Crippen LogP contribution in [0.4, 0.5) is 24.0 Å². The molecule has 0 spiro atoms. The topological polar surface area (TPSA) is 120 Å². The highest BCUT2D eigenvalue weighted by Gasteiger charge is 2.46. The first-order valence-electron chi connectivity index (χ1n) is 13.4. The van der Waals surface area contributed by atoms with Crippen LogP contribution >= 0.6 is 22.9 Å². The van der Waals surface area contributed by atoms with Crippen molar-refractivity contribution in [3.8, 4) is 29.0 Å². The number of phenols is 1. The van der Waals surface area contributed by atoms with E-state index < -0.39 is 34.6 Å². The molecule has 4 heterocycles. The first kappa shape index (κ1) is 27.1. The lowest BCUT2D eigenvalue weighted by Gasteiger charge is -2.30. The average Bonchev–Trinajstić information content (AvgIpc) is 3.23. The highest BCUT2D eigenvalue weighted by molar-refractivity contribution is 7.23. The SMILES string of the molecule is C=C1CN2CCC[C@@]2(COc2nc(NC3CC3F)c3c(O)c(Cl)c(-c4ccc(F)c5sc(N)c(C#N)c45)c(F)c3n2)C1. The third-order valence-corrected chi connectivity index (χ3v) is 9.81. The second-order valence-electron chi connectivity index (χ2n) is 11.1. The molecule has 0 radical (unpaired) electrons. The van der Waals surface area contributed by atoms with Gasteiger partial charge in [-0.25, -0.2) is 13.2 Å². The summed E-state index contributed by atoms with van der Waals surface area (Å²) in [7, 11) is 0. The van der Waals surface area contributed by atoms with Crippen LogP contribution in [0.3, 0.4) is 0 Å². The Bertz CT molecular complexity index is 1880. The molecule has 2 aromatic carbocycles. The molecule has 42 heavy (non-hydrogen) atoms. The van der Waals surface area contributed by atoms with Gasteiger partial charge in [-0.3, -0.25) is 4.90 Å². The van der Waals surface area contributed by atoms with Crippen LogP contribution < -0.4 is 15.8 Å². The van der Waals surface area contributed by atoms with Crippen LogP contribution in [0.15, 0.2) is 24.3 Å². The molecular weight excluding hydrogens is 589 g/mol. The van der Waals surface area contributed by atoms with Crippen LogP contribution in [0.1, 0.15) is 31.2 Å². The molecular formula is C29H24ClF3N6O2S. The molecule has 0 bridgehead atoms. The van der Waals surface area contributed by atoms with Gasteiger partial charge in [-0.1, -0.05) is 29.8 Å². The summed E-state index contributed by atoms with van der Waals surface area (Å²) in [5.41, 5.74) is 6.23. The van der Waals surface area contributed by atoms with E-state index in [4.69, 9.17) is 22.1 Å². The Morgan fingerprint density at radius 3 is 2.86 bits per heavy atom. The molecule has 2 unspecified atom stereocenters. The Labute approximate surface area is 247 Å². The quantitative estimate of drug-likeness (QED) is 0.217. The van der Waals surface area contributed by atoms with Gasteiger partial charge in [0.1, 0.15) is 46.8 Å². The predicted molar refractivity (Wildman–Crippen MR) is 156 cm³/mol. The molecule has 3 atom stereocenters. The van der Waals surface area contributed by atoms with Crippen LogP contribution in [0.2, 0.25) is 5.02 Å². The van der Waals surface area contributed by atoms with Crippen LogP contribution in [0.5, 0.6) is 11.8 Å². The van der Waals surface area contributed by atoms with Crippen molar-refractivity contribution >= 4 is 54.7 Å². The van der Waals surface area contributed by atoms with Crippen molar-refractivity contribution in [3.05, 3.63) is 46.5 Å². The number of rotatable bonds is 6. The van der Waals surface area contributed by atoms with Crippen molar-refractivity contribution in [2.45, 2.75) is 43.4 Å². The fourth-order valence-corrected chi connectivity index (χ4v) is 7.54. The molecule has 2 aliphatic heterocycles. The van der Waals surface area contributed by atoms with Gasteiger partial charge in [-0.15, -0.1) is 11.3 Å². The van der Waals surface area contributed by atoms with E-state index in [-0.39, 0.29) is 73.1 Å². The Balaban J connectivity index is 1.41. The maximum atomic E-state index is 16.6. The summed E-state index contributed by atoms with van der Waals surface area (Å²) in [6.07, 6.45) is 1.77. The number of ether oxygens (including phenoxy) is 1. The largest absolute Gasteiger partial charge is 0.506 e. The minimum atomic E-state index is -1.13. The van der Waals surface area contributed by atoms with Crippen molar-refractivity contribution in [1.82, 2.24) is 14.9 Å². The lowest BCUT2D eigenvalue weighted by atomic mass is 9.94. The van der Waals surface area contributed by atoms with E-state index in [1.165, 1.54) is 6.07 Å². The van der Waals surface area contributed by atoms with E-state index in [1.807, 2.05) is 6.07 Å². The zero-order chi connectivity index (χ0) is 29.5. The van der Waals surface area contributed by atoms with Gasteiger partial charge in [0.15, 0.2) is 5.82 Å². The Hall–Kier alpha value is -3.79. The number of nitrogens with zero attached hydrogens (tertiary/aromatic N) is 4. The summed E-state index contributed by atoms with van der Waals surface area (Å²) >= 11 is 7.42. The number of thiophene rings is 1. The number of benzene rings is 2. The molecule has 0 amide bonds. The number of hydrogen-bond acceptors (Lipinski definition) is 9. The molecule has 1 saturated carbocycles. The monoisotopic (exact) mass is 612 g/mol. The number of nitrogen functional groups attached to an aromatic ring is 1. The summed E-state index contributed by atoms with van der Waals surface area (Å²) in [5, 5.41) is 23.5. The van der Waals surface area contributed by atoms with Gasteiger partial charge >= 0.3 is 6.01 Å². The Morgan fingerprint density at radius 2 is 2.12 bits per heavy atom. The lowest BCUT2D eigenvalue weighted by molar-refractivity contribution is 0.108. The minimum Gasteiger partial charge on any atom is -0.506 e. The molecule has 3 fully saturated rings.